The van der Waals surface area contributed by atoms with Gasteiger partial charge in [-0.3, -0.25) is 9.59 Å². The van der Waals surface area contributed by atoms with Crippen molar-refractivity contribution >= 4 is 31.4 Å². The minimum absolute atomic E-state index is 0.0413. The first kappa shape index (κ1) is 34.5. The monoisotopic (exact) mass is 490 g/mol. The quantitative estimate of drug-likeness (QED) is 0.308. The third-order valence-electron chi connectivity index (χ3n) is 4.50. The molecule has 2 amide bonds. The number of nitrogens with one attached hydrogen (secondary N) is 1. The van der Waals surface area contributed by atoms with Crippen LogP contribution in [-0.2, 0) is 23.9 Å². The number of esters is 1. The first-order valence-electron chi connectivity index (χ1n) is 11.9. The fourth-order valence-corrected chi connectivity index (χ4v) is 2.73. The van der Waals surface area contributed by atoms with Crippen molar-refractivity contribution in [3.05, 3.63) is 35.9 Å². The molecule has 0 aromatic heterocycles. The lowest BCUT2D eigenvalue weighted by atomic mass is 9.96. The van der Waals surface area contributed by atoms with Gasteiger partial charge in [0, 0.05) is 7.05 Å². The summed E-state index contributed by atoms with van der Waals surface area (Å²) in [5.41, 5.74) is 1.41. The standard InChI is InChI=1S/C13H23BN3O5.C9H12.C4H10/c1-9(2)12(13(21)22-5)17(4)11(20)6-15-10(19)7-16(3)14-8-18;1-8(2)9-6-4-3-5-7-9;1-4(2)3/h8-9,12H,6-7H2,1-5H3,(H,15,19);3-8H,1-2H3;4H,1-3H3/t12-;;/m0../s1. The third kappa shape index (κ3) is 17.4. The van der Waals surface area contributed by atoms with Gasteiger partial charge in [-0.1, -0.05) is 78.8 Å². The molecule has 0 heterocycles. The van der Waals surface area contributed by atoms with Gasteiger partial charge in [0.2, 0.25) is 11.8 Å². The smallest absolute Gasteiger partial charge is 0.328 e. The molecule has 8 nitrogen and oxygen atoms in total. The van der Waals surface area contributed by atoms with Crippen LogP contribution in [0.5, 0.6) is 0 Å². The Morgan fingerprint density at radius 2 is 1.51 bits per heavy atom. The zero-order valence-electron chi connectivity index (χ0n) is 23.2. The zero-order chi connectivity index (χ0) is 27.6. The van der Waals surface area contributed by atoms with Gasteiger partial charge in [-0.2, -0.15) is 0 Å². The number of nitrogens with zero attached hydrogens (tertiary/aromatic N) is 2. The highest BCUT2D eigenvalue weighted by atomic mass is 16.5. The van der Waals surface area contributed by atoms with Crippen LogP contribution in [0.25, 0.3) is 0 Å². The van der Waals surface area contributed by atoms with E-state index in [0.717, 1.165) is 5.92 Å². The van der Waals surface area contributed by atoms with Crippen LogP contribution >= 0.6 is 0 Å². The van der Waals surface area contributed by atoms with Gasteiger partial charge in [0.1, 0.15) is 6.04 Å². The highest BCUT2D eigenvalue weighted by molar-refractivity contribution is 6.64. The van der Waals surface area contributed by atoms with Crippen molar-refractivity contribution in [1.82, 2.24) is 15.0 Å². The number of hydrogen-bond acceptors (Lipinski definition) is 6. The van der Waals surface area contributed by atoms with Gasteiger partial charge >= 0.3 is 5.97 Å². The molecule has 1 aromatic rings. The van der Waals surface area contributed by atoms with Gasteiger partial charge in [0.05, 0.1) is 26.4 Å². The largest absolute Gasteiger partial charge is 0.467 e. The molecule has 1 N–H and O–H groups in total. The molecule has 0 bridgehead atoms. The molecule has 0 spiro atoms. The molecule has 0 aliphatic rings. The Kier molecular flexibility index (Phi) is 19.3. The van der Waals surface area contributed by atoms with Crippen LogP contribution in [0.4, 0.5) is 0 Å². The average molecular weight is 490 g/mol. The molecule has 1 radical (unpaired) electrons. The minimum atomic E-state index is -0.708. The summed E-state index contributed by atoms with van der Waals surface area (Å²) in [6.07, 6.45) is 0.565. The number of hydrogen-bond donors (Lipinski definition) is 1. The molecule has 0 unspecified atom stereocenters. The van der Waals surface area contributed by atoms with Crippen LogP contribution in [0.15, 0.2) is 30.3 Å². The predicted octanol–water partition coefficient (Wildman–Crippen LogP) is 2.97. The Labute approximate surface area is 213 Å². The maximum atomic E-state index is 12.1. The molecule has 1 aromatic carbocycles. The van der Waals surface area contributed by atoms with Gasteiger partial charge in [-0.05, 0) is 30.4 Å². The van der Waals surface area contributed by atoms with E-state index in [2.05, 4.69) is 68.9 Å². The normalized spacial score (nSPS) is 11.0. The lowest BCUT2D eigenvalue weighted by Crippen LogP contribution is -2.50. The van der Waals surface area contributed by atoms with E-state index in [9.17, 15) is 19.2 Å². The van der Waals surface area contributed by atoms with Crippen LogP contribution in [0.1, 0.15) is 59.9 Å². The second-order valence-electron chi connectivity index (χ2n) is 9.49. The summed E-state index contributed by atoms with van der Waals surface area (Å²) in [4.78, 5) is 48.3. The van der Waals surface area contributed by atoms with E-state index >= 15 is 0 Å². The maximum absolute atomic E-state index is 12.1. The highest BCUT2D eigenvalue weighted by Gasteiger charge is 2.30. The molecule has 1 atom stereocenters. The second-order valence-corrected chi connectivity index (χ2v) is 9.49. The second kappa shape index (κ2) is 19.6. The fraction of sp³-hybridized carbons (Fsp3) is 0.615. The molecule has 0 saturated carbocycles. The van der Waals surface area contributed by atoms with Crippen LogP contribution < -0.4 is 5.32 Å². The van der Waals surface area contributed by atoms with E-state index in [1.165, 1.54) is 36.8 Å². The van der Waals surface area contributed by atoms with Gasteiger partial charge in [-0.15, -0.1) is 0 Å². The Balaban J connectivity index is 0. The van der Waals surface area contributed by atoms with Crippen molar-refractivity contribution in [2.24, 2.45) is 11.8 Å². The van der Waals surface area contributed by atoms with Gasteiger partial charge in [0.15, 0.2) is 0 Å². The highest BCUT2D eigenvalue weighted by Crippen LogP contribution is 2.12. The number of carbonyl (C=O) groups excluding carboxylic acids is 4. The number of methoxy groups -OCH3 is 1. The summed E-state index contributed by atoms with van der Waals surface area (Å²) in [5.74, 6) is 0.0649. The van der Waals surface area contributed by atoms with E-state index in [1.807, 2.05) is 6.07 Å². The molecular formula is C26H45BN3O5. The van der Waals surface area contributed by atoms with Crippen molar-refractivity contribution < 1.29 is 23.9 Å². The molecule has 1 rings (SSSR count). The summed E-state index contributed by atoms with van der Waals surface area (Å²) in [6, 6.07) is 9.81. The Morgan fingerprint density at radius 1 is 1.00 bits per heavy atom. The fourth-order valence-electron chi connectivity index (χ4n) is 2.73. The van der Waals surface area contributed by atoms with E-state index in [1.54, 1.807) is 20.9 Å². The minimum Gasteiger partial charge on any atom is -0.467 e. The van der Waals surface area contributed by atoms with Crippen molar-refractivity contribution in [1.29, 1.82) is 0 Å². The number of ether oxygens (including phenoxy) is 1. The third-order valence-corrected chi connectivity index (χ3v) is 4.50. The van der Waals surface area contributed by atoms with Crippen molar-refractivity contribution in [2.45, 2.75) is 60.4 Å². The van der Waals surface area contributed by atoms with Gasteiger partial charge in [-0.25, -0.2) is 4.79 Å². The molecule has 0 saturated heterocycles. The van der Waals surface area contributed by atoms with E-state index in [0.29, 0.717) is 12.1 Å². The molecule has 0 fully saturated rings. The molecular weight excluding hydrogens is 445 g/mol. The number of carbonyl (C=O) groups is 4. The van der Waals surface area contributed by atoms with E-state index in [-0.39, 0.29) is 19.0 Å². The zero-order valence-corrected chi connectivity index (χ0v) is 23.2. The lowest BCUT2D eigenvalue weighted by molar-refractivity contribution is -0.153. The van der Waals surface area contributed by atoms with Gasteiger partial charge < -0.3 is 24.6 Å². The Morgan fingerprint density at radius 3 is 1.89 bits per heavy atom. The van der Waals surface area contributed by atoms with Crippen molar-refractivity contribution in [2.75, 3.05) is 34.3 Å². The lowest BCUT2D eigenvalue weighted by Gasteiger charge is -2.29. The topological polar surface area (TPSA) is 96.0 Å². The van der Waals surface area contributed by atoms with Gasteiger partial charge in [0.25, 0.3) is 7.41 Å². The number of benzene rings is 1. The Hall–Kier alpha value is -2.68. The van der Waals surface area contributed by atoms with E-state index in [4.69, 9.17) is 0 Å². The first-order valence-corrected chi connectivity index (χ1v) is 11.9. The predicted molar refractivity (Wildman–Crippen MR) is 143 cm³/mol. The molecule has 0 aliphatic heterocycles. The summed E-state index contributed by atoms with van der Waals surface area (Å²) in [6.45, 7) is 14.2. The van der Waals surface area contributed by atoms with Crippen LogP contribution in [0.3, 0.4) is 0 Å². The van der Waals surface area contributed by atoms with Crippen LogP contribution in [0, 0.1) is 11.8 Å². The van der Waals surface area contributed by atoms with Crippen LogP contribution in [-0.4, -0.2) is 81.4 Å². The number of amides is 2. The summed E-state index contributed by atoms with van der Waals surface area (Å²) in [5, 5.41) is 2.44. The molecule has 0 aliphatic carbocycles. The van der Waals surface area contributed by atoms with Crippen molar-refractivity contribution in [3.8, 4) is 0 Å². The molecule has 9 heteroatoms. The number of likely N-dealkylation sites (N-methyl/N-ethyl adjacent to an activating group) is 2. The maximum Gasteiger partial charge on any atom is 0.328 e. The summed E-state index contributed by atoms with van der Waals surface area (Å²) < 4.78 is 4.69. The SMILES string of the molecule is CC(C)C.CC(C)c1ccccc1.COC(=O)[C@H](C(C)C)N(C)C(=O)CNC(=O)CN(C)[B]C=O. The van der Waals surface area contributed by atoms with Crippen LogP contribution in [0.2, 0.25) is 0 Å². The van der Waals surface area contributed by atoms with Crippen molar-refractivity contribution in [3.63, 3.8) is 0 Å². The average Bonchev–Trinajstić information content (AvgIpc) is 2.77. The molecule has 35 heavy (non-hydrogen) atoms. The summed E-state index contributed by atoms with van der Waals surface area (Å²) in [7, 11) is 5.52. The molecule has 197 valence electrons. The first-order chi connectivity index (χ1) is 16.3. The Bertz CT molecular complexity index is 739. The summed E-state index contributed by atoms with van der Waals surface area (Å²) >= 11 is 0. The number of rotatable bonds is 10. The van der Waals surface area contributed by atoms with E-state index < -0.39 is 23.8 Å².